The molecule has 0 atom stereocenters. The van der Waals surface area contributed by atoms with Crippen molar-refractivity contribution in [2.45, 2.75) is 70.6 Å². The third kappa shape index (κ3) is 6.70. The van der Waals surface area contributed by atoms with Gasteiger partial charge in [0.05, 0.1) is 0 Å². The Bertz CT molecular complexity index is 126. The van der Waals surface area contributed by atoms with Crippen LogP contribution in [-0.4, -0.2) is 25.6 Å². The predicted octanol–water partition coefficient (Wildman–Crippen LogP) is 3.63. The van der Waals surface area contributed by atoms with Gasteiger partial charge in [-0.05, 0) is 0 Å². The van der Waals surface area contributed by atoms with Gasteiger partial charge in [-0.3, -0.25) is 0 Å². The van der Waals surface area contributed by atoms with E-state index in [4.69, 9.17) is 0 Å². The summed E-state index contributed by atoms with van der Waals surface area (Å²) in [6, 6.07) is 0. The first-order chi connectivity index (χ1) is 6.39. The average Bonchev–Trinajstić information content (AvgIpc) is 2.11. The zero-order valence-corrected chi connectivity index (χ0v) is 11.6. The number of hydrogen-bond acceptors (Lipinski definition) is 0. The minimum atomic E-state index is 1.44. The zero-order chi connectivity index (χ0) is 9.36. The van der Waals surface area contributed by atoms with Crippen molar-refractivity contribution in [2.24, 2.45) is 0 Å². The van der Waals surface area contributed by atoms with Crippen molar-refractivity contribution in [3.8, 4) is 0 Å². The Balaban J connectivity index is 2.14. The summed E-state index contributed by atoms with van der Waals surface area (Å²) in [5.41, 5.74) is 0. The quantitative estimate of drug-likeness (QED) is 0.596. The Hall–Kier alpha value is 0.669. The van der Waals surface area contributed by atoms with Crippen molar-refractivity contribution in [3.63, 3.8) is 0 Å². The standard InChI is InChI=1S/C12H22.Sn/c1-2-4-6-8-10-12-11-9-7-5-3-1;/h1-11H2;. The van der Waals surface area contributed by atoms with E-state index in [1.807, 2.05) is 3.52 Å². The van der Waals surface area contributed by atoms with Crippen molar-refractivity contribution in [2.75, 3.05) is 0 Å². The molecule has 2 radical (unpaired) electrons. The van der Waals surface area contributed by atoms with Crippen molar-refractivity contribution in [3.05, 3.63) is 0 Å². The number of rotatable bonds is 0. The Morgan fingerprint density at radius 3 is 1.23 bits per heavy atom. The summed E-state index contributed by atoms with van der Waals surface area (Å²) in [6.45, 7) is 0. The van der Waals surface area contributed by atoms with Crippen LogP contribution < -0.4 is 0 Å². The molecule has 1 aliphatic rings. The van der Waals surface area contributed by atoms with E-state index in [0.29, 0.717) is 0 Å². The fourth-order valence-electron chi connectivity index (χ4n) is 2.04. The summed E-state index contributed by atoms with van der Waals surface area (Å²) >= 11 is 1.71. The van der Waals surface area contributed by atoms with Gasteiger partial charge in [-0.25, -0.2) is 0 Å². The van der Waals surface area contributed by atoms with Crippen molar-refractivity contribution in [1.82, 2.24) is 0 Å². The molecule has 0 spiro atoms. The van der Waals surface area contributed by atoms with Crippen LogP contribution in [0.25, 0.3) is 0 Å². The fourth-order valence-corrected chi connectivity index (χ4v) is 3.05. The first-order valence-electron chi connectivity index (χ1n) is 5.96. The molecule has 0 aliphatic heterocycles. The first-order valence-corrected chi connectivity index (χ1v) is 7.38. The molecule has 0 aromatic rings. The first kappa shape index (κ1) is 11.7. The second-order valence-electron chi connectivity index (χ2n) is 4.29. The topological polar surface area (TPSA) is 0 Å². The Morgan fingerprint density at radius 1 is 0.538 bits per heavy atom. The second kappa shape index (κ2) is 8.02. The molecule has 0 heterocycles. The van der Waals surface area contributed by atoms with Gasteiger partial charge >= 0.3 is 96.2 Å². The van der Waals surface area contributed by atoms with Gasteiger partial charge in [-0.1, -0.05) is 0 Å². The van der Waals surface area contributed by atoms with Crippen LogP contribution in [0.5, 0.6) is 0 Å². The van der Waals surface area contributed by atoms with Crippen molar-refractivity contribution >= 4 is 25.6 Å². The molecule has 1 heteroatoms. The molecule has 0 N–H and O–H groups in total. The van der Waals surface area contributed by atoms with Crippen LogP contribution >= 0.6 is 0 Å². The van der Waals surface area contributed by atoms with Crippen LogP contribution in [0.2, 0.25) is 0 Å². The van der Waals surface area contributed by atoms with Crippen molar-refractivity contribution in [1.29, 1.82) is 0 Å². The SMILES string of the molecule is [Sn]=[C]1CCCCCCCCCCC1. The zero-order valence-electron chi connectivity index (χ0n) is 8.78. The van der Waals surface area contributed by atoms with Gasteiger partial charge in [0.25, 0.3) is 0 Å². The summed E-state index contributed by atoms with van der Waals surface area (Å²) in [6.07, 6.45) is 16.3. The van der Waals surface area contributed by atoms with E-state index in [2.05, 4.69) is 0 Å². The van der Waals surface area contributed by atoms with Crippen LogP contribution in [0.4, 0.5) is 0 Å². The van der Waals surface area contributed by atoms with E-state index in [1.54, 1.807) is 22.1 Å². The molecule has 13 heavy (non-hydrogen) atoms. The molecular formula is C12H22Sn. The summed E-state index contributed by atoms with van der Waals surface area (Å²) in [4.78, 5) is 0. The van der Waals surface area contributed by atoms with E-state index < -0.39 is 0 Å². The Morgan fingerprint density at radius 2 is 0.846 bits per heavy atom. The molecule has 0 saturated heterocycles. The van der Waals surface area contributed by atoms with Gasteiger partial charge in [-0.15, -0.1) is 0 Å². The van der Waals surface area contributed by atoms with Crippen molar-refractivity contribution < 1.29 is 0 Å². The Labute approximate surface area is 96.1 Å². The van der Waals surface area contributed by atoms with Gasteiger partial charge in [-0.2, -0.15) is 0 Å². The molecule has 0 aromatic heterocycles. The molecule has 0 nitrogen and oxygen atoms in total. The van der Waals surface area contributed by atoms with Crippen LogP contribution in [0.3, 0.4) is 0 Å². The monoisotopic (exact) mass is 286 g/mol. The molecule has 74 valence electrons. The van der Waals surface area contributed by atoms with E-state index in [-0.39, 0.29) is 0 Å². The maximum absolute atomic E-state index is 1.84. The van der Waals surface area contributed by atoms with Gasteiger partial charge in [0.15, 0.2) is 0 Å². The normalized spacial score (nSPS) is 23.2. The molecule has 1 saturated carbocycles. The van der Waals surface area contributed by atoms with Crippen LogP contribution in [0, 0.1) is 0 Å². The summed E-state index contributed by atoms with van der Waals surface area (Å²) in [5.74, 6) is 0. The van der Waals surface area contributed by atoms with Gasteiger partial charge in [0, 0.05) is 0 Å². The van der Waals surface area contributed by atoms with Crippen LogP contribution in [0.1, 0.15) is 70.6 Å². The van der Waals surface area contributed by atoms with Gasteiger partial charge < -0.3 is 0 Å². The molecule has 1 aliphatic carbocycles. The summed E-state index contributed by atoms with van der Waals surface area (Å²) < 4.78 is 1.84. The van der Waals surface area contributed by atoms with Crippen LogP contribution in [-0.2, 0) is 0 Å². The maximum atomic E-state index is 1.84. The average molecular weight is 285 g/mol. The van der Waals surface area contributed by atoms with E-state index in [9.17, 15) is 0 Å². The molecule has 0 amide bonds. The van der Waals surface area contributed by atoms with Gasteiger partial charge in [0.1, 0.15) is 0 Å². The van der Waals surface area contributed by atoms with E-state index >= 15 is 0 Å². The third-order valence-electron chi connectivity index (χ3n) is 2.96. The van der Waals surface area contributed by atoms with E-state index in [1.165, 1.54) is 70.6 Å². The number of hydrogen-bond donors (Lipinski definition) is 0. The molecule has 1 rings (SSSR count). The Kier molecular flexibility index (Phi) is 7.24. The third-order valence-corrected chi connectivity index (χ3v) is 4.38. The van der Waals surface area contributed by atoms with Gasteiger partial charge in [0.2, 0.25) is 0 Å². The van der Waals surface area contributed by atoms with Crippen LogP contribution in [0.15, 0.2) is 0 Å². The summed E-state index contributed by atoms with van der Waals surface area (Å²) in [7, 11) is 0. The fraction of sp³-hybridized carbons (Fsp3) is 0.917. The molecule has 0 bridgehead atoms. The summed E-state index contributed by atoms with van der Waals surface area (Å²) in [5, 5.41) is 0. The molecular weight excluding hydrogens is 263 g/mol. The minimum absolute atomic E-state index is 1.44. The molecule has 0 aromatic carbocycles. The van der Waals surface area contributed by atoms with E-state index in [0.717, 1.165) is 0 Å². The predicted molar refractivity (Wildman–Crippen MR) is 61.5 cm³/mol. The molecule has 1 fully saturated rings. The second-order valence-corrected chi connectivity index (χ2v) is 6.30. The molecule has 0 unspecified atom stereocenters.